The highest BCUT2D eigenvalue weighted by atomic mass is 35.5. The molecule has 0 radical (unpaired) electrons. The molecule has 0 aliphatic carbocycles. The predicted molar refractivity (Wildman–Crippen MR) is 98.1 cm³/mol. The van der Waals surface area contributed by atoms with Crippen LogP contribution < -0.4 is 14.8 Å². The lowest BCUT2D eigenvalue weighted by Crippen LogP contribution is -2.42. The van der Waals surface area contributed by atoms with Gasteiger partial charge in [0.2, 0.25) is 0 Å². The second-order valence-corrected chi connectivity index (χ2v) is 7.17. The lowest BCUT2D eigenvalue weighted by atomic mass is 9.97. The van der Waals surface area contributed by atoms with Gasteiger partial charge in [0.1, 0.15) is 30.3 Å². The van der Waals surface area contributed by atoms with E-state index in [0.717, 1.165) is 5.56 Å². The monoisotopic (exact) mass is 373 g/mol. The Hall–Kier alpha value is -1.50. The zero-order valence-electron chi connectivity index (χ0n) is 15.4. The first-order valence-corrected chi connectivity index (χ1v) is 8.17. The first kappa shape index (κ1) is 21.5. The van der Waals surface area contributed by atoms with Gasteiger partial charge in [-0.3, -0.25) is 0 Å². The molecule has 1 aliphatic rings. The average molecular weight is 374 g/mol. The van der Waals surface area contributed by atoms with Gasteiger partial charge in [0.15, 0.2) is 0 Å². The van der Waals surface area contributed by atoms with E-state index in [4.69, 9.17) is 14.2 Å². The number of methoxy groups -OCH3 is 1. The molecule has 1 aliphatic heterocycles. The molecule has 1 aromatic rings. The van der Waals surface area contributed by atoms with Crippen molar-refractivity contribution < 1.29 is 24.1 Å². The number of β-amino-alcohol motifs (C(OH)–C–C–N with tert-alkyl or cyclic N) is 1. The standard InChI is InChI=1S/C18H27NO5.ClH/c1-11-6-14-15(17(21)24-11)7-13(22-5)8-16(14)23-10-12(20)9-19-18(2,3)4;/h7-8,11-12,19-20H,6,9-10H2,1-5H3;1H. The molecule has 0 saturated heterocycles. The van der Waals surface area contributed by atoms with Crippen LogP contribution in [0, 0.1) is 0 Å². The van der Waals surface area contributed by atoms with Crippen molar-refractivity contribution in [1.29, 1.82) is 0 Å². The number of hydrogen-bond donors (Lipinski definition) is 2. The molecule has 6 nitrogen and oxygen atoms in total. The van der Waals surface area contributed by atoms with Crippen LogP contribution in [0.15, 0.2) is 12.1 Å². The Bertz CT molecular complexity index is 600. The van der Waals surface area contributed by atoms with Crippen molar-refractivity contribution in [1.82, 2.24) is 5.32 Å². The van der Waals surface area contributed by atoms with Crippen LogP contribution >= 0.6 is 12.4 Å². The average Bonchev–Trinajstić information content (AvgIpc) is 2.50. The molecule has 2 N–H and O–H groups in total. The van der Waals surface area contributed by atoms with Gasteiger partial charge in [-0.2, -0.15) is 0 Å². The summed E-state index contributed by atoms with van der Waals surface area (Å²) in [5, 5.41) is 13.3. The van der Waals surface area contributed by atoms with Crippen molar-refractivity contribution in [2.75, 3.05) is 20.3 Å². The number of halogens is 1. The Morgan fingerprint density at radius 1 is 1.40 bits per heavy atom. The van der Waals surface area contributed by atoms with E-state index >= 15 is 0 Å². The van der Waals surface area contributed by atoms with Gasteiger partial charge in [0, 0.05) is 30.1 Å². The summed E-state index contributed by atoms with van der Waals surface area (Å²) >= 11 is 0. The van der Waals surface area contributed by atoms with E-state index in [1.807, 2.05) is 27.7 Å². The summed E-state index contributed by atoms with van der Waals surface area (Å²) in [6, 6.07) is 3.40. The van der Waals surface area contributed by atoms with Gasteiger partial charge in [-0.05, 0) is 33.8 Å². The number of aliphatic hydroxyl groups excluding tert-OH is 1. The molecule has 1 aromatic carbocycles. The van der Waals surface area contributed by atoms with Crippen molar-refractivity contribution in [3.05, 3.63) is 23.3 Å². The lowest BCUT2D eigenvalue weighted by molar-refractivity contribution is 0.0295. The maximum absolute atomic E-state index is 12.1. The molecular weight excluding hydrogens is 346 g/mol. The second-order valence-electron chi connectivity index (χ2n) is 7.17. The number of ether oxygens (including phenoxy) is 3. The Kier molecular flexibility index (Phi) is 7.53. The smallest absolute Gasteiger partial charge is 0.338 e. The highest BCUT2D eigenvalue weighted by Gasteiger charge is 2.28. The van der Waals surface area contributed by atoms with Gasteiger partial charge in [-0.15, -0.1) is 12.4 Å². The molecule has 0 spiro atoms. The minimum absolute atomic E-state index is 0. The quantitative estimate of drug-likeness (QED) is 0.745. The van der Waals surface area contributed by atoms with E-state index in [-0.39, 0.29) is 36.6 Å². The number of nitrogens with one attached hydrogen (secondary N) is 1. The van der Waals surface area contributed by atoms with E-state index in [0.29, 0.717) is 30.0 Å². The normalized spacial score (nSPS) is 17.8. The van der Waals surface area contributed by atoms with Crippen molar-refractivity contribution >= 4 is 18.4 Å². The molecule has 0 amide bonds. The van der Waals surface area contributed by atoms with Crippen LogP contribution in [0.25, 0.3) is 0 Å². The lowest BCUT2D eigenvalue weighted by Gasteiger charge is -2.26. The maximum atomic E-state index is 12.1. The molecule has 0 aromatic heterocycles. The van der Waals surface area contributed by atoms with Crippen LogP contribution in [-0.2, 0) is 11.2 Å². The van der Waals surface area contributed by atoms with Gasteiger partial charge >= 0.3 is 5.97 Å². The summed E-state index contributed by atoms with van der Waals surface area (Å²) in [5.41, 5.74) is 1.19. The van der Waals surface area contributed by atoms with E-state index < -0.39 is 6.10 Å². The minimum Gasteiger partial charge on any atom is -0.497 e. The first-order valence-electron chi connectivity index (χ1n) is 8.17. The Balaban J connectivity index is 0.00000312. The maximum Gasteiger partial charge on any atom is 0.338 e. The number of fused-ring (bicyclic) bond motifs is 1. The first-order chi connectivity index (χ1) is 11.2. The van der Waals surface area contributed by atoms with Gasteiger partial charge in [0.05, 0.1) is 12.7 Å². The van der Waals surface area contributed by atoms with Crippen molar-refractivity contribution in [2.24, 2.45) is 0 Å². The van der Waals surface area contributed by atoms with Gasteiger partial charge < -0.3 is 24.6 Å². The molecule has 0 bridgehead atoms. The molecule has 0 saturated carbocycles. The van der Waals surface area contributed by atoms with Gasteiger partial charge in [-0.25, -0.2) is 4.79 Å². The Labute approximate surface area is 155 Å². The number of hydrogen-bond acceptors (Lipinski definition) is 6. The highest BCUT2D eigenvalue weighted by Crippen LogP contribution is 2.33. The third-order valence-electron chi connectivity index (χ3n) is 3.74. The molecule has 0 fully saturated rings. The number of carbonyl (C=O) groups is 1. The topological polar surface area (TPSA) is 77.0 Å². The third-order valence-corrected chi connectivity index (χ3v) is 3.74. The number of esters is 1. The van der Waals surface area contributed by atoms with E-state index in [2.05, 4.69) is 5.32 Å². The number of carbonyl (C=O) groups excluding carboxylic acids is 1. The molecule has 1 heterocycles. The fraction of sp³-hybridized carbons (Fsp3) is 0.611. The second kappa shape index (κ2) is 8.74. The van der Waals surface area contributed by atoms with Crippen LogP contribution in [0.3, 0.4) is 0 Å². The zero-order valence-corrected chi connectivity index (χ0v) is 16.2. The van der Waals surface area contributed by atoms with E-state index in [1.165, 1.54) is 7.11 Å². The molecule has 2 atom stereocenters. The summed E-state index contributed by atoms with van der Waals surface area (Å²) in [4.78, 5) is 12.1. The molecular formula is C18H28ClNO5. The Morgan fingerprint density at radius 2 is 2.08 bits per heavy atom. The van der Waals surface area contributed by atoms with Crippen LogP contribution in [0.1, 0.15) is 43.6 Å². The molecule has 2 rings (SSSR count). The number of benzene rings is 1. The Morgan fingerprint density at radius 3 is 2.68 bits per heavy atom. The van der Waals surface area contributed by atoms with E-state index in [9.17, 15) is 9.90 Å². The zero-order chi connectivity index (χ0) is 17.9. The summed E-state index contributed by atoms with van der Waals surface area (Å²) < 4.78 is 16.3. The predicted octanol–water partition coefficient (Wildman–Crippen LogP) is 2.35. The SMILES string of the molecule is COc1cc(OCC(O)CNC(C)(C)C)c2c(c1)C(=O)OC(C)C2.Cl. The summed E-state index contributed by atoms with van der Waals surface area (Å²) in [6.45, 7) is 8.50. The van der Waals surface area contributed by atoms with Crippen molar-refractivity contribution in [3.63, 3.8) is 0 Å². The van der Waals surface area contributed by atoms with Gasteiger partial charge in [0.25, 0.3) is 0 Å². The molecule has 7 heteroatoms. The molecule has 2 unspecified atom stereocenters. The fourth-order valence-corrected chi connectivity index (χ4v) is 2.50. The molecule has 142 valence electrons. The van der Waals surface area contributed by atoms with Crippen LogP contribution in [0.5, 0.6) is 11.5 Å². The highest BCUT2D eigenvalue weighted by molar-refractivity contribution is 5.93. The third kappa shape index (κ3) is 6.06. The minimum atomic E-state index is -0.654. The van der Waals surface area contributed by atoms with E-state index in [1.54, 1.807) is 12.1 Å². The van der Waals surface area contributed by atoms with Crippen molar-refractivity contribution in [2.45, 2.75) is 51.9 Å². The fourth-order valence-electron chi connectivity index (χ4n) is 2.50. The van der Waals surface area contributed by atoms with Crippen LogP contribution in [0.2, 0.25) is 0 Å². The number of rotatable bonds is 6. The summed E-state index contributed by atoms with van der Waals surface area (Å²) in [7, 11) is 1.53. The number of aliphatic hydroxyl groups is 1. The van der Waals surface area contributed by atoms with Crippen LogP contribution in [-0.4, -0.2) is 49.1 Å². The van der Waals surface area contributed by atoms with Gasteiger partial charge in [-0.1, -0.05) is 0 Å². The largest absolute Gasteiger partial charge is 0.497 e. The summed E-state index contributed by atoms with van der Waals surface area (Å²) in [5.74, 6) is 0.711. The number of cyclic esters (lactones) is 1. The summed E-state index contributed by atoms with van der Waals surface area (Å²) in [6.07, 6.45) is -0.274. The van der Waals surface area contributed by atoms with Crippen molar-refractivity contribution in [3.8, 4) is 11.5 Å². The molecule has 25 heavy (non-hydrogen) atoms. The van der Waals surface area contributed by atoms with Crippen LogP contribution in [0.4, 0.5) is 0 Å².